The van der Waals surface area contributed by atoms with Crippen molar-refractivity contribution in [2.24, 2.45) is 0 Å². The molecule has 18 heavy (non-hydrogen) atoms. The molecule has 0 fully saturated rings. The topological polar surface area (TPSA) is 26.3 Å². The standard InChI is InChI=1S/C15H19ClO2/c1-2-3-4-5-6-14(17)13-10-12(16)9-11-7-8-18-15(11)13/h9-10H,2-8H2,1H3. The maximum Gasteiger partial charge on any atom is 0.166 e. The van der Waals surface area contributed by atoms with E-state index in [4.69, 9.17) is 16.3 Å². The van der Waals surface area contributed by atoms with E-state index in [0.717, 1.165) is 30.6 Å². The van der Waals surface area contributed by atoms with E-state index >= 15 is 0 Å². The van der Waals surface area contributed by atoms with E-state index in [-0.39, 0.29) is 5.78 Å². The summed E-state index contributed by atoms with van der Waals surface area (Å²) in [5.74, 6) is 0.923. The molecule has 0 aromatic heterocycles. The summed E-state index contributed by atoms with van der Waals surface area (Å²) in [6, 6.07) is 3.64. The van der Waals surface area contributed by atoms with Gasteiger partial charge in [-0.2, -0.15) is 0 Å². The monoisotopic (exact) mass is 266 g/mol. The number of carbonyl (C=O) groups is 1. The van der Waals surface area contributed by atoms with E-state index in [0.29, 0.717) is 23.6 Å². The number of halogens is 1. The molecule has 0 saturated heterocycles. The summed E-state index contributed by atoms with van der Waals surface area (Å²) < 4.78 is 5.55. The van der Waals surface area contributed by atoms with Gasteiger partial charge in [-0.25, -0.2) is 0 Å². The van der Waals surface area contributed by atoms with Crippen LogP contribution in [0.4, 0.5) is 0 Å². The lowest BCUT2D eigenvalue weighted by molar-refractivity contribution is 0.0976. The van der Waals surface area contributed by atoms with Crippen LogP contribution in [-0.4, -0.2) is 12.4 Å². The van der Waals surface area contributed by atoms with Crippen molar-refractivity contribution < 1.29 is 9.53 Å². The second kappa shape index (κ2) is 6.24. The predicted molar refractivity (Wildman–Crippen MR) is 73.7 cm³/mol. The number of hydrogen-bond donors (Lipinski definition) is 0. The molecule has 1 aliphatic heterocycles. The fourth-order valence-electron chi connectivity index (χ4n) is 2.32. The molecule has 0 unspecified atom stereocenters. The lowest BCUT2D eigenvalue weighted by atomic mass is 10.0. The van der Waals surface area contributed by atoms with Gasteiger partial charge in [0.05, 0.1) is 12.2 Å². The molecule has 0 bridgehead atoms. The van der Waals surface area contributed by atoms with E-state index in [1.807, 2.05) is 6.07 Å². The zero-order chi connectivity index (χ0) is 13.0. The molecule has 0 atom stereocenters. The van der Waals surface area contributed by atoms with Crippen LogP contribution in [0.2, 0.25) is 5.02 Å². The molecule has 3 heteroatoms. The van der Waals surface area contributed by atoms with Crippen LogP contribution >= 0.6 is 11.6 Å². The van der Waals surface area contributed by atoms with E-state index in [2.05, 4.69) is 6.92 Å². The Labute approximate surface area is 113 Å². The first-order valence-corrected chi connectivity index (χ1v) is 7.08. The highest BCUT2D eigenvalue weighted by Gasteiger charge is 2.21. The van der Waals surface area contributed by atoms with Gasteiger partial charge in [0.25, 0.3) is 0 Å². The number of unbranched alkanes of at least 4 members (excludes halogenated alkanes) is 3. The first-order chi connectivity index (χ1) is 8.72. The van der Waals surface area contributed by atoms with Gasteiger partial charge in [-0.1, -0.05) is 37.8 Å². The Morgan fingerprint density at radius 2 is 2.17 bits per heavy atom. The Morgan fingerprint density at radius 1 is 1.33 bits per heavy atom. The van der Waals surface area contributed by atoms with Gasteiger partial charge >= 0.3 is 0 Å². The minimum absolute atomic E-state index is 0.159. The maximum absolute atomic E-state index is 12.2. The number of ether oxygens (including phenoxy) is 1. The summed E-state index contributed by atoms with van der Waals surface area (Å²) in [6.07, 6.45) is 5.89. The van der Waals surface area contributed by atoms with Crippen LogP contribution in [0.25, 0.3) is 0 Å². The van der Waals surface area contributed by atoms with Crippen molar-refractivity contribution in [2.75, 3.05) is 6.61 Å². The van der Waals surface area contributed by atoms with Crippen LogP contribution in [0.1, 0.15) is 54.9 Å². The maximum atomic E-state index is 12.2. The van der Waals surface area contributed by atoms with Crippen molar-refractivity contribution in [3.05, 3.63) is 28.3 Å². The van der Waals surface area contributed by atoms with Gasteiger partial charge in [0.1, 0.15) is 5.75 Å². The normalized spacial score (nSPS) is 13.2. The third-order valence-electron chi connectivity index (χ3n) is 3.31. The Morgan fingerprint density at radius 3 is 2.94 bits per heavy atom. The summed E-state index contributed by atoms with van der Waals surface area (Å²) >= 11 is 6.05. The molecular formula is C15H19ClO2. The zero-order valence-corrected chi connectivity index (χ0v) is 11.6. The van der Waals surface area contributed by atoms with Crippen molar-refractivity contribution in [1.29, 1.82) is 0 Å². The van der Waals surface area contributed by atoms with Gasteiger partial charge in [0.2, 0.25) is 0 Å². The predicted octanol–water partition coefficient (Wildman–Crippen LogP) is 4.43. The molecule has 1 aromatic rings. The summed E-state index contributed by atoms with van der Waals surface area (Å²) in [4.78, 5) is 12.2. The Hall–Kier alpha value is -1.02. The van der Waals surface area contributed by atoms with Crippen LogP contribution in [-0.2, 0) is 6.42 Å². The van der Waals surface area contributed by atoms with E-state index in [1.54, 1.807) is 6.07 Å². The first-order valence-electron chi connectivity index (χ1n) is 6.70. The minimum atomic E-state index is 0.159. The van der Waals surface area contributed by atoms with Gasteiger partial charge in [-0.15, -0.1) is 0 Å². The Kier molecular flexibility index (Phi) is 4.65. The van der Waals surface area contributed by atoms with Crippen molar-refractivity contribution >= 4 is 17.4 Å². The molecular weight excluding hydrogens is 248 g/mol. The molecule has 0 N–H and O–H groups in total. The lowest BCUT2D eigenvalue weighted by Crippen LogP contribution is -2.02. The Balaban J connectivity index is 2.06. The number of rotatable bonds is 6. The number of ketones is 1. The number of carbonyl (C=O) groups excluding carboxylic acids is 1. The highest BCUT2D eigenvalue weighted by atomic mass is 35.5. The van der Waals surface area contributed by atoms with Crippen LogP contribution in [0.3, 0.4) is 0 Å². The van der Waals surface area contributed by atoms with Crippen LogP contribution < -0.4 is 4.74 Å². The second-order valence-corrected chi connectivity index (χ2v) is 5.21. The average Bonchev–Trinajstić information content (AvgIpc) is 2.81. The molecule has 0 spiro atoms. The highest BCUT2D eigenvalue weighted by Crippen LogP contribution is 2.33. The van der Waals surface area contributed by atoms with E-state index < -0.39 is 0 Å². The molecule has 2 rings (SSSR count). The number of benzene rings is 1. The average molecular weight is 267 g/mol. The lowest BCUT2D eigenvalue weighted by Gasteiger charge is -2.08. The number of hydrogen-bond acceptors (Lipinski definition) is 2. The van der Waals surface area contributed by atoms with Crippen molar-refractivity contribution in [1.82, 2.24) is 0 Å². The van der Waals surface area contributed by atoms with Gasteiger partial charge in [0.15, 0.2) is 5.78 Å². The summed E-state index contributed by atoms with van der Waals surface area (Å²) in [5, 5.41) is 0.635. The quantitative estimate of drug-likeness (QED) is 0.562. The first kappa shape index (κ1) is 13.4. The fourth-order valence-corrected chi connectivity index (χ4v) is 2.56. The molecule has 0 radical (unpaired) electrons. The van der Waals surface area contributed by atoms with Crippen molar-refractivity contribution in [2.45, 2.75) is 45.4 Å². The molecule has 0 amide bonds. The molecule has 1 aliphatic rings. The smallest absolute Gasteiger partial charge is 0.166 e. The molecule has 1 aromatic carbocycles. The van der Waals surface area contributed by atoms with Crippen molar-refractivity contribution in [3.63, 3.8) is 0 Å². The van der Waals surface area contributed by atoms with Gasteiger partial charge in [0, 0.05) is 17.9 Å². The van der Waals surface area contributed by atoms with Crippen LogP contribution in [0.15, 0.2) is 12.1 Å². The molecule has 2 nitrogen and oxygen atoms in total. The number of fused-ring (bicyclic) bond motifs is 1. The van der Waals surface area contributed by atoms with Crippen molar-refractivity contribution in [3.8, 4) is 5.75 Å². The van der Waals surface area contributed by atoms with Gasteiger partial charge in [-0.05, 0) is 24.1 Å². The van der Waals surface area contributed by atoms with Gasteiger partial charge in [-0.3, -0.25) is 4.79 Å². The zero-order valence-electron chi connectivity index (χ0n) is 10.8. The number of Topliss-reactive ketones (excluding diaryl/α,β-unsaturated/α-hetero) is 1. The van der Waals surface area contributed by atoms with Crippen LogP contribution in [0.5, 0.6) is 5.75 Å². The third-order valence-corrected chi connectivity index (χ3v) is 3.52. The third kappa shape index (κ3) is 3.05. The molecule has 0 aliphatic carbocycles. The Bertz CT molecular complexity index is 440. The highest BCUT2D eigenvalue weighted by molar-refractivity contribution is 6.31. The minimum Gasteiger partial charge on any atom is -0.492 e. The largest absolute Gasteiger partial charge is 0.492 e. The van der Waals surface area contributed by atoms with Gasteiger partial charge < -0.3 is 4.74 Å². The summed E-state index contributed by atoms with van der Waals surface area (Å²) in [6.45, 7) is 2.82. The SMILES string of the molecule is CCCCCCC(=O)c1cc(Cl)cc2c1OCC2. The molecule has 98 valence electrons. The fraction of sp³-hybridized carbons (Fsp3) is 0.533. The van der Waals surface area contributed by atoms with E-state index in [9.17, 15) is 4.79 Å². The second-order valence-electron chi connectivity index (χ2n) is 4.77. The van der Waals surface area contributed by atoms with Crippen LogP contribution in [0, 0.1) is 0 Å². The summed E-state index contributed by atoms with van der Waals surface area (Å²) in [5.41, 5.74) is 1.74. The molecule has 0 saturated carbocycles. The molecule has 1 heterocycles. The van der Waals surface area contributed by atoms with E-state index in [1.165, 1.54) is 12.8 Å². The summed E-state index contributed by atoms with van der Waals surface area (Å²) in [7, 11) is 0.